The molecule has 7 rings (SSSR count). The molecule has 3 saturated carbocycles. The van der Waals surface area contributed by atoms with Gasteiger partial charge >= 0.3 is 0 Å². The van der Waals surface area contributed by atoms with Crippen LogP contribution >= 0.6 is 0 Å². The van der Waals surface area contributed by atoms with E-state index in [2.05, 4.69) is 42.6 Å². The van der Waals surface area contributed by atoms with Crippen molar-refractivity contribution in [2.75, 3.05) is 11.6 Å². The van der Waals surface area contributed by atoms with Gasteiger partial charge in [0.2, 0.25) is 0 Å². The maximum Gasteiger partial charge on any atom is 0.258 e. The van der Waals surface area contributed by atoms with Crippen molar-refractivity contribution in [2.45, 2.75) is 68.3 Å². The summed E-state index contributed by atoms with van der Waals surface area (Å²) in [6.07, 6.45) is 9.15. The predicted octanol–water partition coefficient (Wildman–Crippen LogP) is 5.35. The van der Waals surface area contributed by atoms with Gasteiger partial charge in [-0.05, 0) is 86.4 Å². The fourth-order valence-corrected chi connectivity index (χ4v) is 7.43. The molecule has 2 heterocycles. The summed E-state index contributed by atoms with van der Waals surface area (Å²) < 4.78 is 16.1. The molecular weight excluding hydrogens is 480 g/mol. The van der Waals surface area contributed by atoms with Gasteiger partial charge in [0.1, 0.15) is 0 Å². The standard InChI is InChI=1S/C30H34N4O2S/c1-19(2)34-15-22(14-32-34)29-16-30(17-29,18-29)27-12-23-21(10-20(3)11-24(23)28(35)33(27)4)13-31-25-8-6-7-9-26(25)37(5)36/h6-12,14-15,19,31H,13,16-18H2,1-5H3. The number of benzene rings is 2. The fraction of sp³-hybridized carbons (Fsp3) is 0.400. The second-order valence-electron chi connectivity index (χ2n) is 11.5. The van der Waals surface area contributed by atoms with Crippen LogP contribution in [0.1, 0.15) is 61.5 Å². The van der Waals surface area contributed by atoms with Gasteiger partial charge in [-0.15, -0.1) is 0 Å². The minimum atomic E-state index is -1.08. The molecule has 1 unspecified atom stereocenters. The molecule has 0 saturated heterocycles. The highest BCUT2D eigenvalue weighted by Crippen LogP contribution is 2.73. The highest BCUT2D eigenvalue weighted by molar-refractivity contribution is 7.84. The molecule has 3 aliphatic rings. The van der Waals surface area contributed by atoms with Gasteiger partial charge in [0.25, 0.3) is 5.56 Å². The zero-order chi connectivity index (χ0) is 26.1. The van der Waals surface area contributed by atoms with Crippen molar-refractivity contribution in [3.8, 4) is 0 Å². The summed E-state index contributed by atoms with van der Waals surface area (Å²) in [5.41, 5.74) is 5.82. The van der Waals surface area contributed by atoms with Crippen molar-refractivity contribution in [3.63, 3.8) is 0 Å². The monoisotopic (exact) mass is 514 g/mol. The third-order valence-electron chi connectivity index (χ3n) is 8.57. The van der Waals surface area contributed by atoms with Crippen LogP contribution < -0.4 is 10.9 Å². The summed E-state index contributed by atoms with van der Waals surface area (Å²) in [5, 5.41) is 9.83. The molecule has 7 heteroatoms. The van der Waals surface area contributed by atoms with Gasteiger partial charge in [0.05, 0.1) is 27.6 Å². The summed E-state index contributed by atoms with van der Waals surface area (Å²) in [6, 6.07) is 14.5. The number of anilines is 1. The fourth-order valence-electron chi connectivity index (χ4n) is 6.71. The summed E-state index contributed by atoms with van der Waals surface area (Å²) in [7, 11) is 0.841. The van der Waals surface area contributed by atoms with Crippen molar-refractivity contribution in [3.05, 3.63) is 87.6 Å². The Balaban J connectivity index is 1.34. The van der Waals surface area contributed by atoms with Gasteiger partial charge in [-0.1, -0.05) is 18.2 Å². The molecule has 0 spiro atoms. The first-order valence-electron chi connectivity index (χ1n) is 13.0. The van der Waals surface area contributed by atoms with E-state index in [4.69, 9.17) is 0 Å². The minimum Gasteiger partial charge on any atom is -0.380 e. The Morgan fingerprint density at radius 2 is 1.81 bits per heavy atom. The lowest BCUT2D eigenvalue weighted by atomic mass is 9.33. The van der Waals surface area contributed by atoms with Gasteiger partial charge in [0.15, 0.2) is 0 Å². The number of aromatic nitrogens is 3. The number of pyridine rings is 1. The second kappa shape index (κ2) is 8.42. The molecule has 1 N–H and O–H groups in total. The van der Waals surface area contributed by atoms with Crippen molar-refractivity contribution in [1.29, 1.82) is 0 Å². The third kappa shape index (κ3) is 3.69. The maximum atomic E-state index is 13.6. The molecule has 4 aromatic rings. The Bertz CT molecular complexity index is 1610. The van der Waals surface area contributed by atoms with Gasteiger partial charge < -0.3 is 9.88 Å². The van der Waals surface area contributed by atoms with E-state index in [-0.39, 0.29) is 16.4 Å². The molecule has 0 aliphatic heterocycles. The SMILES string of the molecule is Cc1cc(CNc2ccccc2S(C)=O)c2cc(C34CC(c5cnn(C(C)C)c5)(C3)C4)n(C)c(=O)c2c1. The largest absolute Gasteiger partial charge is 0.380 e. The third-order valence-corrected chi connectivity index (χ3v) is 9.55. The number of hydrogen-bond acceptors (Lipinski definition) is 4. The number of fused-ring (bicyclic) bond motifs is 1. The maximum absolute atomic E-state index is 13.6. The molecule has 3 aliphatic carbocycles. The lowest BCUT2D eigenvalue weighted by Gasteiger charge is -2.71. The van der Waals surface area contributed by atoms with Gasteiger partial charge in [-0.3, -0.25) is 13.7 Å². The van der Waals surface area contributed by atoms with Crippen LogP contribution in [0.3, 0.4) is 0 Å². The molecule has 2 bridgehead atoms. The van der Waals surface area contributed by atoms with E-state index in [1.54, 1.807) is 6.26 Å². The number of aryl methyl sites for hydroxylation is 1. The molecule has 1 atom stereocenters. The van der Waals surface area contributed by atoms with Crippen molar-refractivity contribution < 1.29 is 4.21 Å². The van der Waals surface area contributed by atoms with Gasteiger partial charge in [-0.25, -0.2) is 0 Å². The van der Waals surface area contributed by atoms with Crippen LogP contribution in [0.25, 0.3) is 10.8 Å². The first kappa shape index (κ1) is 24.2. The molecule has 0 amide bonds. The molecule has 0 radical (unpaired) electrons. The van der Waals surface area contributed by atoms with E-state index in [9.17, 15) is 9.00 Å². The number of nitrogens with one attached hydrogen (secondary N) is 1. The molecule has 2 aromatic heterocycles. The highest BCUT2D eigenvalue weighted by Gasteiger charge is 2.70. The van der Waals surface area contributed by atoms with E-state index in [0.29, 0.717) is 12.6 Å². The van der Waals surface area contributed by atoms with Gasteiger partial charge in [0, 0.05) is 54.0 Å². The molecule has 37 heavy (non-hydrogen) atoms. The molecule has 2 aromatic carbocycles. The van der Waals surface area contributed by atoms with Crippen molar-refractivity contribution in [2.24, 2.45) is 7.05 Å². The topological polar surface area (TPSA) is 68.9 Å². The Labute approximate surface area is 220 Å². The van der Waals surface area contributed by atoms with Crippen LogP contribution in [0, 0.1) is 6.92 Å². The Morgan fingerprint density at radius 1 is 1.08 bits per heavy atom. The van der Waals surface area contributed by atoms with Gasteiger partial charge in [-0.2, -0.15) is 5.10 Å². The Hall–Kier alpha value is -3.19. The lowest BCUT2D eigenvalue weighted by Crippen LogP contribution is -2.68. The van der Waals surface area contributed by atoms with E-state index in [1.165, 1.54) is 5.56 Å². The normalized spacial score (nSPS) is 23.1. The van der Waals surface area contributed by atoms with Crippen molar-refractivity contribution in [1.82, 2.24) is 14.3 Å². The first-order valence-corrected chi connectivity index (χ1v) is 14.5. The first-order chi connectivity index (χ1) is 17.6. The zero-order valence-electron chi connectivity index (χ0n) is 22.2. The quantitative estimate of drug-likeness (QED) is 0.361. The molecule has 3 fully saturated rings. The second-order valence-corrected chi connectivity index (χ2v) is 12.8. The number of rotatable bonds is 7. The highest BCUT2D eigenvalue weighted by atomic mass is 32.2. The minimum absolute atomic E-state index is 0.0589. The number of para-hydroxylation sites is 1. The summed E-state index contributed by atoms with van der Waals surface area (Å²) in [6.45, 7) is 6.90. The van der Waals surface area contributed by atoms with E-state index in [1.807, 2.05) is 59.7 Å². The van der Waals surface area contributed by atoms with Crippen LogP contribution in [-0.4, -0.2) is 24.8 Å². The molecule has 192 valence electrons. The smallest absolute Gasteiger partial charge is 0.258 e. The van der Waals surface area contributed by atoms with Crippen LogP contribution in [-0.2, 0) is 35.2 Å². The van der Waals surface area contributed by atoms with Crippen LogP contribution in [0.15, 0.2) is 64.5 Å². The Morgan fingerprint density at radius 3 is 2.49 bits per heavy atom. The average molecular weight is 515 g/mol. The summed E-state index contributed by atoms with van der Waals surface area (Å²) in [4.78, 5) is 14.4. The van der Waals surface area contributed by atoms with E-state index < -0.39 is 10.8 Å². The van der Waals surface area contributed by atoms with E-state index >= 15 is 0 Å². The van der Waals surface area contributed by atoms with Crippen LogP contribution in [0.4, 0.5) is 5.69 Å². The van der Waals surface area contributed by atoms with E-state index in [0.717, 1.165) is 57.4 Å². The molecule has 6 nitrogen and oxygen atoms in total. The lowest BCUT2D eigenvalue weighted by molar-refractivity contribution is -0.0745. The van der Waals surface area contributed by atoms with Crippen molar-refractivity contribution >= 4 is 27.3 Å². The zero-order valence-corrected chi connectivity index (χ0v) is 23.0. The summed E-state index contributed by atoms with van der Waals surface area (Å²) in [5.74, 6) is 0. The summed E-state index contributed by atoms with van der Waals surface area (Å²) >= 11 is 0. The predicted molar refractivity (Wildman–Crippen MR) is 150 cm³/mol. The Kier molecular flexibility index (Phi) is 5.50. The average Bonchev–Trinajstić information content (AvgIpc) is 3.30. The number of nitrogens with zero attached hydrogens (tertiary/aromatic N) is 3. The van der Waals surface area contributed by atoms with Crippen LogP contribution in [0.5, 0.6) is 0 Å². The number of hydrogen-bond donors (Lipinski definition) is 1. The van der Waals surface area contributed by atoms with Crippen LogP contribution in [0.2, 0.25) is 0 Å². The molecular formula is C30H34N4O2S.